The number of benzene rings is 1. The van der Waals surface area contributed by atoms with Gasteiger partial charge in [-0.15, -0.1) is 0 Å². The summed E-state index contributed by atoms with van der Waals surface area (Å²) in [5.41, 5.74) is -0.456. The van der Waals surface area contributed by atoms with Gasteiger partial charge in [-0.25, -0.2) is 0 Å². The first kappa shape index (κ1) is 11.3. The molecule has 1 aliphatic rings. The number of carbonyl (C=O) groups excluding carboxylic acids is 1. The van der Waals surface area contributed by atoms with E-state index in [0.717, 1.165) is 0 Å². The first-order valence-corrected chi connectivity index (χ1v) is 6.33. The van der Waals surface area contributed by atoms with E-state index in [2.05, 4.69) is 0 Å². The summed E-state index contributed by atoms with van der Waals surface area (Å²) in [5.74, 6) is -2.85. The number of aliphatic carboxylic acids is 1. The Morgan fingerprint density at radius 2 is 1.94 bits per heavy atom. The second kappa shape index (κ2) is 3.70. The number of fused-ring (bicyclic) bond motifs is 1. The predicted octanol–water partition coefficient (Wildman–Crippen LogP) is -1.64. The van der Waals surface area contributed by atoms with Gasteiger partial charge in [-0.3, -0.25) is 0 Å². The van der Waals surface area contributed by atoms with E-state index in [4.69, 9.17) is 0 Å². The van der Waals surface area contributed by atoms with Crippen molar-refractivity contribution in [2.75, 3.05) is 0 Å². The van der Waals surface area contributed by atoms with Crippen LogP contribution in [-0.2, 0) is 15.8 Å². The Hall–Kier alpha value is -1.16. The average molecular weight is 239 g/mol. The molecular formula is C10H8O5P-3. The molecule has 1 aliphatic carbocycles. The molecule has 0 amide bonds. The van der Waals surface area contributed by atoms with Crippen LogP contribution >= 0.6 is 7.60 Å². The molecule has 0 spiro atoms. The summed E-state index contributed by atoms with van der Waals surface area (Å²) in [5, 5.41) is 10.9. The molecule has 0 saturated heterocycles. The lowest BCUT2D eigenvalue weighted by Gasteiger charge is -2.39. The van der Waals surface area contributed by atoms with Crippen molar-refractivity contribution in [2.24, 2.45) is 0 Å². The van der Waals surface area contributed by atoms with E-state index in [1.54, 1.807) is 18.2 Å². The molecule has 2 atom stereocenters. The second-order valence-electron chi connectivity index (χ2n) is 3.81. The largest absolute Gasteiger partial charge is 0.810 e. The second-order valence-corrected chi connectivity index (χ2v) is 5.55. The van der Waals surface area contributed by atoms with Gasteiger partial charge in [-0.2, -0.15) is 0 Å². The van der Waals surface area contributed by atoms with Crippen LogP contribution in [0.5, 0.6) is 0 Å². The Kier molecular flexibility index (Phi) is 2.62. The van der Waals surface area contributed by atoms with Crippen LogP contribution in [-0.4, -0.2) is 11.6 Å². The van der Waals surface area contributed by atoms with Crippen molar-refractivity contribution in [1.82, 2.24) is 0 Å². The van der Waals surface area contributed by atoms with Crippen LogP contribution in [0.2, 0.25) is 0 Å². The molecule has 5 nitrogen and oxygen atoms in total. The summed E-state index contributed by atoms with van der Waals surface area (Å²) < 4.78 is 11.0. The predicted molar refractivity (Wildman–Crippen MR) is 49.3 cm³/mol. The molecule has 1 aromatic carbocycles. The highest BCUT2D eigenvalue weighted by atomic mass is 31.2. The van der Waals surface area contributed by atoms with E-state index in [9.17, 15) is 24.3 Å². The summed E-state index contributed by atoms with van der Waals surface area (Å²) in [4.78, 5) is 32.9. The quantitative estimate of drug-likeness (QED) is 0.575. The zero-order valence-corrected chi connectivity index (χ0v) is 9.05. The van der Waals surface area contributed by atoms with Crippen molar-refractivity contribution in [3.63, 3.8) is 0 Å². The first-order chi connectivity index (χ1) is 7.41. The fourth-order valence-electron chi connectivity index (χ4n) is 2.15. The molecule has 1 aromatic rings. The number of rotatable bonds is 2. The SMILES string of the molecule is O=C([O-])C1c2ccccc2CC1P(=O)([O-])[O-]. The minimum atomic E-state index is -4.93. The van der Waals surface area contributed by atoms with E-state index in [1.165, 1.54) is 6.07 Å². The van der Waals surface area contributed by atoms with E-state index in [-0.39, 0.29) is 6.42 Å². The monoisotopic (exact) mass is 239 g/mol. The molecular weight excluding hydrogens is 231 g/mol. The van der Waals surface area contributed by atoms with Gasteiger partial charge in [0.15, 0.2) is 0 Å². The molecule has 16 heavy (non-hydrogen) atoms. The van der Waals surface area contributed by atoms with Gasteiger partial charge >= 0.3 is 0 Å². The summed E-state index contributed by atoms with van der Waals surface area (Å²) in [6, 6.07) is 6.43. The highest BCUT2D eigenvalue weighted by Gasteiger charge is 2.35. The summed E-state index contributed by atoms with van der Waals surface area (Å²) >= 11 is 0. The van der Waals surface area contributed by atoms with Crippen LogP contribution in [0.1, 0.15) is 17.0 Å². The number of carboxylic acids is 1. The Morgan fingerprint density at radius 3 is 2.50 bits per heavy atom. The number of carbonyl (C=O) groups is 1. The van der Waals surface area contributed by atoms with Crippen LogP contribution in [0.3, 0.4) is 0 Å². The lowest BCUT2D eigenvalue weighted by molar-refractivity contribution is -0.323. The van der Waals surface area contributed by atoms with Crippen molar-refractivity contribution in [1.29, 1.82) is 0 Å². The van der Waals surface area contributed by atoms with Crippen molar-refractivity contribution < 1.29 is 24.3 Å². The molecule has 0 aliphatic heterocycles. The molecule has 0 heterocycles. The van der Waals surface area contributed by atoms with Crippen LogP contribution in [0.25, 0.3) is 0 Å². The van der Waals surface area contributed by atoms with E-state index < -0.39 is 25.1 Å². The van der Waals surface area contributed by atoms with E-state index in [1.807, 2.05) is 0 Å². The highest BCUT2D eigenvalue weighted by molar-refractivity contribution is 7.49. The molecule has 0 saturated carbocycles. The highest BCUT2D eigenvalue weighted by Crippen LogP contribution is 2.48. The Morgan fingerprint density at radius 1 is 1.31 bits per heavy atom. The zero-order chi connectivity index (χ0) is 11.9. The van der Waals surface area contributed by atoms with Gasteiger partial charge in [0.2, 0.25) is 0 Å². The topological polar surface area (TPSA) is 103 Å². The maximum Gasteiger partial charge on any atom is 0.0496 e. The Bertz CT molecular complexity index is 478. The van der Waals surface area contributed by atoms with Crippen LogP contribution in [0.15, 0.2) is 24.3 Å². The fraction of sp³-hybridized carbons (Fsp3) is 0.300. The standard InChI is InChI=1S/C10H11O5P/c11-10(12)9-7-4-2-1-3-6(7)5-8(9)16(13,14)15/h1-4,8-9H,5H2,(H,11,12)(H2,13,14,15)/p-3. The lowest BCUT2D eigenvalue weighted by atomic mass is 10.0. The fourth-order valence-corrected chi connectivity index (χ4v) is 3.22. The van der Waals surface area contributed by atoms with Gasteiger partial charge in [0.05, 0.1) is 0 Å². The van der Waals surface area contributed by atoms with Crippen molar-refractivity contribution >= 4 is 13.6 Å². The zero-order valence-electron chi connectivity index (χ0n) is 8.16. The molecule has 0 radical (unpaired) electrons. The van der Waals surface area contributed by atoms with E-state index >= 15 is 0 Å². The third kappa shape index (κ3) is 1.78. The minimum absolute atomic E-state index is 0.0426. The molecule has 0 bridgehead atoms. The normalized spacial score (nSPS) is 24.1. The molecule has 6 heteroatoms. The van der Waals surface area contributed by atoms with Crippen molar-refractivity contribution in [3.05, 3.63) is 35.4 Å². The molecule has 2 unspecified atom stereocenters. The summed E-state index contributed by atoms with van der Waals surface area (Å²) in [6.07, 6.45) is -0.0426. The molecule has 0 N–H and O–H groups in total. The lowest BCUT2D eigenvalue weighted by Crippen LogP contribution is -2.38. The van der Waals surface area contributed by atoms with E-state index in [0.29, 0.717) is 11.1 Å². The maximum absolute atomic E-state index is 11.0. The number of hydrogen-bond donors (Lipinski definition) is 0. The van der Waals surface area contributed by atoms with Crippen LogP contribution < -0.4 is 14.9 Å². The van der Waals surface area contributed by atoms with Gasteiger partial charge < -0.3 is 24.3 Å². The van der Waals surface area contributed by atoms with Gasteiger partial charge in [-0.05, 0) is 17.5 Å². The van der Waals surface area contributed by atoms with Gasteiger partial charge in [0, 0.05) is 17.5 Å². The number of carboxylic acid groups (broad SMARTS) is 1. The summed E-state index contributed by atoms with van der Waals surface area (Å²) in [7, 11) is -4.93. The van der Waals surface area contributed by atoms with Crippen LogP contribution in [0.4, 0.5) is 0 Å². The minimum Gasteiger partial charge on any atom is -0.810 e. The van der Waals surface area contributed by atoms with Crippen LogP contribution in [0, 0.1) is 0 Å². The molecule has 0 fully saturated rings. The van der Waals surface area contributed by atoms with Crippen molar-refractivity contribution in [2.45, 2.75) is 18.0 Å². The third-order valence-electron chi connectivity index (χ3n) is 2.86. The molecule has 2 rings (SSSR count). The van der Waals surface area contributed by atoms with Crippen molar-refractivity contribution in [3.8, 4) is 0 Å². The average Bonchev–Trinajstić information content (AvgIpc) is 2.55. The molecule has 0 aromatic heterocycles. The van der Waals surface area contributed by atoms with Gasteiger partial charge in [0.1, 0.15) is 0 Å². The smallest absolute Gasteiger partial charge is 0.0496 e. The Balaban J connectivity index is 2.50. The summed E-state index contributed by atoms with van der Waals surface area (Å²) in [6.45, 7) is 0. The van der Waals surface area contributed by atoms with Gasteiger partial charge in [0.25, 0.3) is 0 Å². The Labute approximate surface area is 91.9 Å². The third-order valence-corrected chi connectivity index (χ3v) is 4.16. The number of hydrogen-bond acceptors (Lipinski definition) is 5. The van der Waals surface area contributed by atoms with Gasteiger partial charge in [-0.1, -0.05) is 31.9 Å². The first-order valence-electron chi connectivity index (χ1n) is 4.71. The maximum atomic E-state index is 11.0. The molecule has 86 valence electrons.